The molecule has 0 radical (unpaired) electrons. The third-order valence-corrected chi connectivity index (χ3v) is 2.68. The molecule has 0 saturated carbocycles. The minimum absolute atomic E-state index is 0.406. The monoisotopic (exact) mass is 239 g/mol. The Bertz CT molecular complexity index is 550. The highest BCUT2D eigenvalue weighted by Crippen LogP contribution is 2.14. The van der Waals surface area contributed by atoms with Gasteiger partial charge in [-0.15, -0.1) is 0 Å². The SMILES string of the molecule is O=Cc1ccc(NCc2ccccc2)cc1C=O. The molecule has 0 atom stereocenters. The molecule has 3 heteroatoms. The Morgan fingerprint density at radius 2 is 1.61 bits per heavy atom. The second-order valence-corrected chi connectivity index (χ2v) is 3.92. The molecule has 0 amide bonds. The highest BCUT2D eigenvalue weighted by atomic mass is 16.1. The van der Waals surface area contributed by atoms with Crippen LogP contribution < -0.4 is 5.32 Å². The highest BCUT2D eigenvalue weighted by Gasteiger charge is 2.02. The summed E-state index contributed by atoms with van der Waals surface area (Å²) in [6, 6.07) is 15.1. The maximum atomic E-state index is 10.8. The van der Waals surface area contributed by atoms with Gasteiger partial charge in [0, 0.05) is 23.4 Å². The van der Waals surface area contributed by atoms with Crippen LogP contribution in [0.3, 0.4) is 0 Å². The van der Waals surface area contributed by atoms with E-state index in [-0.39, 0.29) is 0 Å². The second-order valence-electron chi connectivity index (χ2n) is 3.92. The molecule has 0 spiro atoms. The zero-order valence-corrected chi connectivity index (χ0v) is 9.80. The van der Waals surface area contributed by atoms with Gasteiger partial charge in [-0.1, -0.05) is 30.3 Å². The Hall–Kier alpha value is -2.42. The second kappa shape index (κ2) is 5.77. The first-order valence-corrected chi connectivity index (χ1v) is 5.65. The van der Waals surface area contributed by atoms with Crippen LogP contribution in [-0.4, -0.2) is 12.6 Å². The van der Waals surface area contributed by atoms with E-state index in [0.717, 1.165) is 11.3 Å². The van der Waals surface area contributed by atoms with Crippen molar-refractivity contribution in [3.63, 3.8) is 0 Å². The molecule has 0 aliphatic carbocycles. The molecule has 0 saturated heterocycles. The molecule has 90 valence electrons. The zero-order chi connectivity index (χ0) is 12.8. The van der Waals surface area contributed by atoms with Crippen LogP contribution in [0.25, 0.3) is 0 Å². The summed E-state index contributed by atoms with van der Waals surface area (Å²) in [7, 11) is 0. The minimum atomic E-state index is 0.406. The number of hydrogen-bond donors (Lipinski definition) is 1. The van der Waals surface area contributed by atoms with Crippen LogP contribution in [-0.2, 0) is 6.54 Å². The molecule has 0 aromatic heterocycles. The fraction of sp³-hybridized carbons (Fsp3) is 0.0667. The topological polar surface area (TPSA) is 46.2 Å². The molecule has 2 rings (SSSR count). The number of aldehydes is 2. The highest BCUT2D eigenvalue weighted by molar-refractivity contribution is 5.91. The van der Waals surface area contributed by atoms with Crippen molar-refractivity contribution in [1.82, 2.24) is 0 Å². The van der Waals surface area contributed by atoms with Crippen molar-refractivity contribution in [2.75, 3.05) is 5.32 Å². The van der Waals surface area contributed by atoms with E-state index in [2.05, 4.69) is 5.32 Å². The van der Waals surface area contributed by atoms with Crippen molar-refractivity contribution in [3.05, 3.63) is 65.2 Å². The summed E-state index contributed by atoms with van der Waals surface area (Å²) in [5.41, 5.74) is 2.80. The van der Waals surface area contributed by atoms with Crippen LogP contribution in [0, 0.1) is 0 Å². The van der Waals surface area contributed by atoms with Crippen molar-refractivity contribution in [2.24, 2.45) is 0 Å². The van der Waals surface area contributed by atoms with Crippen LogP contribution in [0.4, 0.5) is 5.69 Å². The van der Waals surface area contributed by atoms with E-state index in [9.17, 15) is 9.59 Å². The molecule has 2 aromatic rings. The first-order valence-electron chi connectivity index (χ1n) is 5.65. The van der Waals surface area contributed by atoms with Gasteiger partial charge in [0.15, 0.2) is 12.6 Å². The molecule has 0 aliphatic heterocycles. The molecule has 2 aromatic carbocycles. The van der Waals surface area contributed by atoms with Crippen molar-refractivity contribution >= 4 is 18.3 Å². The van der Waals surface area contributed by atoms with Crippen molar-refractivity contribution < 1.29 is 9.59 Å². The van der Waals surface area contributed by atoms with Gasteiger partial charge in [-0.2, -0.15) is 0 Å². The zero-order valence-electron chi connectivity index (χ0n) is 9.80. The van der Waals surface area contributed by atoms with Gasteiger partial charge in [-0.05, 0) is 23.8 Å². The number of carbonyl (C=O) groups excluding carboxylic acids is 2. The van der Waals surface area contributed by atoms with E-state index in [1.807, 2.05) is 30.3 Å². The Balaban J connectivity index is 2.10. The summed E-state index contributed by atoms with van der Waals surface area (Å²) in [5.74, 6) is 0. The molecule has 18 heavy (non-hydrogen) atoms. The Morgan fingerprint density at radius 1 is 0.889 bits per heavy atom. The average Bonchev–Trinajstić information content (AvgIpc) is 2.45. The minimum Gasteiger partial charge on any atom is -0.381 e. The molecule has 0 fully saturated rings. The van der Waals surface area contributed by atoms with Gasteiger partial charge in [0.1, 0.15) is 0 Å². The average molecular weight is 239 g/mol. The van der Waals surface area contributed by atoms with Crippen LogP contribution in [0.2, 0.25) is 0 Å². The van der Waals surface area contributed by atoms with Gasteiger partial charge in [0.2, 0.25) is 0 Å². The maximum Gasteiger partial charge on any atom is 0.150 e. The van der Waals surface area contributed by atoms with E-state index in [1.54, 1.807) is 18.2 Å². The lowest BCUT2D eigenvalue weighted by molar-refractivity contribution is 0.109. The standard InChI is InChI=1S/C15H13NO2/c17-10-13-6-7-15(8-14(13)11-18)16-9-12-4-2-1-3-5-12/h1-8,10-11,16H,9H2. The quantitative estimate of drug-likeness (QED) is 0.816. The van der Waals surface area contributed by atoms with Crippen molar-refractivity contribution in [3.8, 4) is 0 Å². The molecule has 3 nitrogen and oxygen atoms in total. The van der Waals surface area contributed by atoms with Gasteiger partial charge in [-0.25, -0.2) is 0 Å². The van der Waals surface area contributed by atoms with Crippen LogP contribution >= 0.6 is 0 Å². The van der Waals surface area contributed by atoms with E-state index in [0.29, 0.717) is 30.2 Å². The molecule has 0 heterocycles. The number of nitrogens with one attached hydrogen (secondary N) is 1. The van der Waals surface area contributed by atoms with Gasteiger partial charge in [0.25, 0.3) is 0 Å². The number of carbonyl (C=O) groups is 2. The molecule has 0 aliphatic rings. The Labute approximate surface area is 105 Å². The Morgan fingerprint density at radius 3 is 2.28 bits per heavy atom. The van der Waals surface area contributed by atoms with E-state index < -0.39 is 0 Å². The van der Waals surface area contributed by atoms with Crippen molar-refractivity contribution in [2.45, 2.75) is 6.54 Å². The predicted octanol–water partition coefficient (Wildman–Crippen LogP) is 2.92. The Kier molecular flexibility index (Phi) is 3.86. The molecule has 0 bridgehead atoms. The number of benzene rings is 2. The lowest BCUT2D eigenvalue weighted by atomic mass is 10.1. The summed E-state index contributed by atoms with van der Waals surface area (Å²) >= 11 is 0. The predicted molar refractivity (Wildman–Crippen MR) is 71.0 cm³/mol. The van der Waals surface area contributed by atoms with Crippen LogP contribution in [0.1, 0.15) is 26.3 Å². The van der Waals surface area contributed by atoms with Crippen molar-refractivity contribution in [1.29, 1.82) is 0 Å². The fourth-order valence-corrected chi connectivity index (χ4v) is 1.69. The van der Waals surface area contributed by atoms with E-state index >= 15 is 0 Å². The molecule has 1 N–H and O–H groups in total. The normalized spacial score (nSPS) is 9.78. The third-order valence-electron chi connectivity index (χ3n) is 2.68. The lowest BCUT2D eigenvalue weighted by Crippen LogP contribution is -2.00. The number of anilines is 1. The smallest absolute Gasteiger partial charge is 0.150 e. The number of hydrogen-bond acceptors (Lipinski definition) is 3. The summed E-state index contributed by atoms with van der Waals surface area (Å²) in [5, 5.41) is 3.21. The van der Waals surface area contributed by atoms with Gasteiger partial charge >= 0.3 is 0 Å². The number of rotatable bonds is 5. The summed E-state index contributed by atoms with van der Waals surface area (Å²) in [4.78, 5) is 21.5. The van der Waals surface area contributed by atoms with Gasteiger partial charge in [-0.3, -0.25) is 9.59 Å². The van der Waals surface area contributed by atoms with E-state index in [1.165, 1.54) is 0 Å². The third kappa shape index (κ3) is 2.83. The fourth-order valence-electron chi connectivity index (χ4n) is 1.69. The molecule has 0 unspecified atom stereocenters. The lowest BCUT2D eigenvalue weighted by Gasteiger charge is -2.07. The summed E-state index contributed by atoms with van der Waals surface area (Å²) in [6.45, 7) is 0.680. The first-order chi connectivity index (χ1) is 8.83. The largest absolute Gasteiger partial charge is 0.381 e. The maximum absolute atomic E-state index is 10.8. The summed E-state index contributed by atoms with van der Waals surface area (Å²) < 4.78 is 0. The van der Waals surface area contributed by atoms with Gasteiger partial charge in [0.05, 0.1) is 0 Å². The van der Waals surface area contributed by atoms with Crippen LogP contribution in [0.5, 0.6) is 0 Å². The molecular formula is C15H13NO2. The van der Waals surface area contributed by atoms with Gasteiger partial charge < -0.3 is 5.32 Å². The van der Waals surface area contributed by atoms with Crippen LogP contribution in [0.15, 0.2) is 48.5 Å². The van der Waals surface area contributed by atoms with E-state index in [4.69, 9.17) is 0 Å². The molecular weight excluding hydrogens is 226 g/mol. The first kappa shape index (κ1) is 12.0. The summed E-state index contributed by atoms with van der Waals surface area (Å²) in [6.07, 6.45) is 1.38.